The zero-order valence-corrected chi connectivity index (χ0v) is 7.45. The summed E-state index contributed by atoms with van der Waals surface area (Å²) in [6.07, 6.45) is 0.0490. The summed E-state index contributed by atoms with van der Waals surface area (Å²) in [7, 11) is 1.87. The Kier molecular flexibility index (Phi) is 3.40. The van der Waals surface area contributed by atoms with Gasteiger partial charge in [-0.1, -0.05) is 0 Å². The van der Waals surface area contributed by atoms with Gasteiger partial charge in [0.2, 0.25) is 0 Å². The SMILES string of the molecule is CNCCN1CCC(F)(F)CC1. The van der Waals surface area contributed by atoms with Crippen LogP contribution in [0.2, 0.25) is 0 Å². The van der Waals surface area contributed by atoms with Crippen LogP contribution in [0.25, 0.3) is 0 Å². The summed E-state index contributed by atoms with van der Waals surface area (Å²) in [5.74, 6) is -2.41. The molecule has 0 amide bonds. The van der Waals surface area contributed by atoms with Crippen LogP contribution in [0, 0.1) is 0 Å². The summed E-state index contributed by atoms with van der Waals surface area (Å²) in [5.41, 5.74) is 0. The Morgan fingerprint density at radius 1 is 1.33 bits per heavy atom. The van der Waals surface area contributed by atoms with E-state index < -0.39 is 5.92 Å². The number of nitrogens with zero attached hydrogens (tertiary/aromatic N) is 1. The van der Waals surface area contributed by atoms with Gasteiger partial charge in [0.25, 0.3) is 5.92 Å². The third kappa shape index (κ3) is 3.03. The Balaban J connectivity index is 2.18. The Hall–Kier alpha value is -0.220. The van der Waals surface area contributed by atoms with Gasteiger partial charge in [0.1, 0.15) is 0 Å². The van der Waals surface area contributed by atoms with E-state index in [1.807, 2.05) is 7.05 Å². The molecule has 0 aliphatic carbocycles. The molecule has 1 N–H and O–H groups in total. The fourth-order valence-electron chi connectivity index (χ4n) is 1.37. The lowest BCUT2D eigenvalue weighted by atomic mass is 10.1. The zero-order chi connectivity index (χ0) is 9.03. The maximum atomic E-state index is 12.7. The Morgan fingerprint density at radius 3 is 2.42 bits per heavy atom. The molecule has 1 aliphatic rings. The summed E-state index contributed by atoms with van der Waals surface area (Å²) in [4.78, 5) is 2.08. The van der Waals surface area contributed by atoms with Crippen molar-refractivity contribution in [3.63, 3.8) is 0 Å². The highest BCUT2D eigenvalue weighted by molar-refractivity contribution is 4.77. The molecule has 12 heavy (non-hydrogen) atoms. The first-order valence-corrected chi connectivity index (χ1v) is 4.39. The van der Waals surface area contributed by atoms with Gasteiger partial charge >= 0.3 is 0 Å². The minimum absolute atomic E-state index is 0.0245. The first-order valence-electron chi connectivity index (χ1n) is 4.39. The lowest BCUT2D eigenvalue weighted by Crippen LogP contribution is -2.41. The molecule has 72 valence electrons. The van der Waals surface area contributed by atoms with Crippen LogP contribution in [0.4, 0.5) is 8.78 Å². The molecule has 0 bridgehead atoms. The Labute approximate surface area is 71.9 Å². The number of halogens is 2. The number of likely N-dealkylation sites (tertiary alicyclic amines) is 1. The molecule has 0 spiro atoms. The van der Waals surface area contributed by atoms with Crippen molar-refractivity contribution in [2.75, 3.05) is 33.2 Å². The predicted molar refractivity (Wildman–Crippen MR) is 44.5 cm³/mol. The van der Waals surface area contributed by atoms with Crippen molar-refractivity contribution in [2.45, 2.75) is 18.8 Å². The van der Waals surface area contributed by atoms with E-state index in [0.717, 1.165) is 13.1 Å². The lowest BCUT2D eigenvalue weighted by Gasteiger charge is -2.31. The van der Waals surface area contributed by atoms with E-state index in [-0.39, 0.29) is 12.8 Å². The van der Waals surface area contributed by atoms with Gasteiger partial charge in [-0.2, -0.15) is 0 Å². The van der Waals surface area contributed by atoms with Crippen LogP contribution in [0.5, 0.6) is 0 Å². The number of hydrogen-bond acceptors (Lipinski definition) is 2. The first kappa shape index (κ1) is 9.86. The van der Waals surface area contributed by atoms with Crippen molar-refractivity contribution in [1.29, 1.82) is 0 Å². The largest absolute Gasteiger partial charge is 0.318 e. The molecule has 0 aromatic rings. The fraction of sp³-hybridized carbons (Fsp3) is 1.00. The third-order valence-electron chi connectivity index (χ3n) is 2.27. The van der Waals surface area contributed by atoms with E-state index in [2.05, 4.69) is 10.2 Å². The van der Waals surface area contributed by atoms with Crippen LogP contribution in [0.15, 0.2) is 0 Å². The first-order chi connectivity index (χ1) is 5.64. The molecular weight excluding hydrogens is 162 g/mol. The number of nitrogens with one attached hydrogen (secondary N) is 1. The van der Waals surface area contributed by atoms with E-state index in [1.54, 1.807) is 0 Å². The Bertz CT molecular complexity index is 129. The molecule has 1 heterocycles. The molecule has 0 aromatic heterocycles. The summed E-state index contributed by atoms with van der Waals surface area (Å²) < 4.78 is 25.3. The number of likely N-dealkylation sites (N-methyl/N-ethyl adjacent to an activating group) is 1. The molecular formula is C8H16F2N2. The Morgan fingerprint density at radius 2 is 1.92 bits per heavy atom. The van der Waals surface area contributed by atoms with Gasteiger partial charge in [0.15, 0.2) is 0 Å². The smallest absolute Gasteiger partial charge is 0.250 e. The molecule has 0 atom stereocenters. The average Bonchev–Trinajstić information content (AvgIpc) is 2.03. The monoisotopic (exact) mass is 178 g/mol. The van der Waals surface area contributed by atoms with E-state index in [0.29, 0.717) is 13.1 Å². The van der Waals surface area contributed by atoms with Crippen LogP contribution in [0.3, 0.4) is 0 Å². The molecule has 1 saturated heterocycles. The topological polar surface area (TPSA) is 15.3 Å². The minimum atomic E-state index is -2.41. The maximum Gasteiger partial charge on any atom is 0.250 e. The van der Waals surface area contributed by atoms with Gasteiger partial charge in [-0.25, -0.2) is 8.78 Å². The summed E-state index contributed by atoms with van der Waals surface area (Å²) >= 11 is 0. The number of alkyl halides is 2. The van der Waals surface area contributed by atoms with Crippen molar-refractivity contribution >= 4 is 0 Å². The van der Waals surface area contributed by atoms with Crippen LogP contribution in [-0.4, -0.2) is 44.0 Å². The van der Waals surface area contributed by atoms with Crippen LogP contribution >= 0.6 is 0 Å². The second-order valence-corrected chi connectivity index (χ2v) is 3.30. The fourth-order valence-corrected chi connectivity index (χ4v) is 1.37. The van der Waals surface area contributed by atoms with Crippen molar-refractivity contribution < 1.29 is 8.78 Å². The molecule has 1 aliphatic heterocycles. The molecule has 0 unspecified atom stereocenters. The van der Waals surface area contributed by atoms with Crippen molar-refractivity contribution in [1.82, 2.24) is 10.2 Å². The van der Waals surface area contributed by atoms with E-state index in [1.165, 1.54) is 0 Å². The molecule has 0 aromatic carbocycles. The van der Waals surface area contributed by atoms with Gasteiger partial charge in [0, 0.05) is 39.0 Å². The molecule has 1 fully saturated rings. The second kappa shape index (κ2) is 4.14. The predicted octanol–water partition coefficient (Wildman–Crippen LogP) is 0.937. The van der Waals surface area contributed by atoms with Crippen LogP contribution in [-0.2, 0) is 0 Å². The van der Waals surface area contributed by atoms with Gasteiger partial charge in [-0.05, 0) is 7.05 Å². The van der Waals surface area contributed by atoms with Gasteiger partial charge in [-0.3, -0.25) is 0 Å². The number of piperidine rings is 1. The number of hydrogen-bond donors (Lipinski definition) is 1. The molecule has 2 nitrogen and oxygen atoms in total. The van der Waals surface area contributed by atoms with Crippen molar-refractivity contribution in [3.05, 3.63) is 0 Å². The molecule has 0 radical (unpaired) electrons. The van der Waals surface area contributed by atoms with Crippen molar-refractivity contribution in [3.8, 4) is 0 Å². The van der Waals surface area contributed by atoms with Gasteiger partial charge in [-0.15, -0.1) is 0 Å². The number of rotatable bonds is 3. The highest BCUT2D eigenvalue weighted by Crippen LogP contribution is 2.27. The average molecular weight is 178 g/mol. The van der Waals surface area contributed by atoms with Gasteiger partial charge in [0.05, 0.1) is 0 Å². The summed E-state index contributed by atoms with van der Waals surface area (Å²) in [6, 6.07) is 0. The van der Waals surface area contributed by atoms with Crippen LogP contribution in [0.1, 0.15) is 12.8 Å². The second-order valence-electron chi connectivity index (χ2n) is 3.30. The molecule has 1 rings (SSSR count). The maximum absolute atomic E-state index is 12.7. The summed E-state index contributed by atoms with van der Waals surface area (Å²) in [6.45, 7) is 2.83. The normalized spacial score (nSPS) is 24.2. The highest BCUT2D eigenvalue weighted by Gasteiger charge is 2.33. The quantitative estimate of drug-likeness (QED) is 0.691. The van der Waals surface area contributed by atoms with Crippen LogP contribution < -0.4 is 5.32 Å². The third-order valence-corrected chi connectivity index (χ3v) is 2.27. The summed E-state index contributed by atoms with van der Waals surface area (Å²) in [5, 5.41) is 3.01. The van der Waals surface area contributed by atoms with E-state index >= 15 is 0 Å². The zero-order valence-electron chi connectivity index (χ0n) is 7.45. The standard InChI is InChI=1S/C8H16F2N2/c1-11-4-7-12-5-2-8(9,10)3-6-12/h11H,2-7H2,1H3. The lowest BCUT2D eigenvalue weighted by molar-refractivity contribution is -0.0546. The molecule has 4 heteroatoms. The highest BCUT2D eigenvalue weighted by atomic mass is 19.3. The van der Waals surface area contributed by atoms with Crippen molar-refractivity contribution in [2.24, 2.45) is 0 Å². The van der Waals surface area contributed by atoms with E-state index in [4.69, 9.17) is 0 Å². The molecule has 0 saturated carbocycles. The van der Waals surface area contributed by atoms with Gasteiger partial charge < -0.3 is 10.2 Å². The van der Waals surface area contributed by atoms with E-state index in [9.17, 15) is 8.78 Å². The minimum Gasteiger partial charge on any atom is -0.318 e.